The summed E-state index contributed by atoms with van der Waals surface area (Å²) in [4.78, 5) is 18.1. The average Bonchev–Trinajstić information content (AvgIpc) is 2.54. The number of rotatable bonds is 3. The maximum atomic E-state index is 12.7. The lowest BCUT2D eigenvalue weighted by Gasteiger charge is -2.12. The first-order valence-corrected chi connectivity index (χ1v) is 8.22. The third kappa shape index (κ3) is 2.70. The number of hydrogen-bond acceptors (Lipinski definition) is 3. The van der Waals surface area contributed by atoms with Crippen molar-refractivity contribution in [2.24, 2.45) is 0 Å². The van der Waals surface area contributed by atoms with Crippen LogP contribution in [-0.4, -0.2) is 17.1 Å². The first kappa shape index (κ1) is 14.6. The summed E-state index contributed by atoms with van der Waals surface area (Å²) in [6.45, 7) is 1.95. The molecule has 0 aliphatic carbocycles. The smallest absolute Gasteiger partial charge is 0.257 e. The van der Waals surface area contributed by atoms with Gasteiger partial charge in [0, 0.05) is 16.5 Å². The molecule has 3 rings (SSSR count). The minimum Gasteiger partial charge on any atom is -0.320 e. The van der Waals surface area contributed by atoms with E-state index < -0.39 is 0 Å². The van der Waals surface area contributed by atoms with Crippen molar-refractivity contribution in [2.75, 3.05) is 11.6 Å². The van der Waals surface area contributed by atoms with E-state index in [1.54, 1.807) is 18.0 Å². The number of para-hydroxylation sites is 1. The van der Waals surface area contributed by atoms with Crippen LogP contribution in [-0.2, 0) is 0 Å². The van der Waals surface area contributed by atoms with E-state index >= 15 is 0 Å². The summed E-state index contributed by atoms with van der Waals surface area (Å²) in [6.07, 6.45) is 3.71. The minimum absolute atomic E-state index is 0.0967. The van der Waals surface area contributed by atoms with E-state index in [-0.39, 0.29) is 5.91 Å². The van der Waals surface area contributed by atoms with E-state index in [1.807, 2.05) is 61.7 Å². The quantitative estimate of drug-likeness (QED) is 0.723. The molecular weight excluding hydrogens is 292 g/mol. The molecule has 0 spiro atoms. The van der Waals surface area contributed by atoms with Gasteiger partial charge >= 0.3 is 0 Å². The van der Waals surface area contributed by atoms with Crippen molar-refractivity contribution in [2.45, 2.75) is 11.8 Å². The van der Waals surface area contributed by atoms with Gasteiger partial charge in [0.05, 0.1) is 16.8 Å². The standard InChI is InChI=1S/C18H16N2OS/c1-12-6-3-10-15(22-2)16(12)18(21)20-14-9-4-7-13-8-5-11-19-17(13)14/h3-11H,1-2H3,(H,20,21). The van der Waals surface area contributed by atoms with E-state index in [0.29, 0.717) is 0 Å². The van der Waals surface area contributed by atoms with Crippen LogP contribution in [0.2, 0.25) is 0 Å². The number of nitrogens with one attached hydrogen (secondary N) is 1. The van der Waals surface area contributed by atoms with Crippen molar-refractivity contribution in [1.82, 2.24) is 4.98 Å². The fraction of sp³-hybridized carbons (Fsp3) is 0.111. The van der Waals surface area contributed by atoms with Crippen LogP contribution in [0.4, 0.5) is 5.69 Å². The highest BCUT2D eigenvalue weighted by atomic mass is 32.2. The average molecular weight is 308 g/mol. The SMILES string of the molecule is CSc1cccc(C)c1C(=O)Nc1cccc2cccnc12. The number of benzene rings is 2. The maximum Gasteiger partial charge on any atom is 0.257 e. The predicted octanol–water partition coefficient (Wildman–Crippen LogP) is 4.52. The fourth-order valence-corrected chi connectivity index (χ4v) is 3.16. The Morgan fingerprint density at radius 3 is 2.68 bits per heavy atom. The van der Waals surface area contributed by atoms with Crippen LogP contribution in [0.25, 0.3) is 10.9 Å². The summed E-state index contributed by atoms with van der Waals surface area (Å²) in [5.41, 5.74) is 3.23. The van der Waals surface area contributed by atoms with Crippen molar-refractivity contribution < 1.29 is 4.79 Å². The summed E-state index contributed by atoms with van der Waals surface area (Å²) in [7, 11) is 0. The van der Waals surface area contributed by atoms with Crippen LogP contribution < -0.4 is 5.32 Å². The topological polar surface area (TPSA) is 42.0 Å². The molecule has 0 atom stereocenters. The lowest BCUT2D eigenvalue weighted by Crippen LogP contribution is -2.15. The molecule has 1 amide bonds. The molecule has 3 nitrogen and oxygen atoms in total. The van der Waals surface area contributed by atoms with Gasteiger partial charge in [-0.25, -0.2) is 0 Å². The normalized spacial score (nSPS) is 10.6. The van der Waals surface area contributed by atoms with E-state index in [9.17, 15) is 4.79 Å². The van der Waals surface area contributed by atoms with Crippen LogP contribution in [0.3, 0.4) is 0 Å². The minimum atomic E-state index is -0.0967. The highest BCUT2D eigenvalue weighted by Gasteiger charge is 2.15. The molecule has 22 heavy (non-hydrogen) atoms. The number of thioether (sulfide) groups is 1. The molecular formula is C18H16N2OS. The van der Waals surface area contributed by atoms with E-state index in [0.717, 1.165) is 32.6 Å². The molecule has 110 valence electrons. The molecule has 0 fully saturated rings. The summed E-state index contributed by atoms with van der Waals surface area (Å²) in [6, 6.07) is 15.6. The predicted molar refractivity (Wildman–Crippen MR) is 92.7 cm³/mol. The summed E-state index contributed by atoms with van der Waals surface area (Å²) in [5.74, 6) is -0.0967. The zero-order valence-electron chi connectivity index (χ0n) is 12.5. The van der Waals surface area contributed by atoms with Gasteiger partial charge in [-0.05, 0) is 36.9 Å². The first-order valence-electron chi connectivity index (χ1n) is 6.99. The second-order valence-electron chi connectivity index (χ2n) is 4.99. The molecule has 0 radical (unpaired) electrons. The second-order valence-corrected chi connectivity index (χ2v) is 5.84. The van der Waals surface area contributed by atoms with Gasteiger partial charge in [-0.1, -0.05) is 30.3 Å². The Morgan fingerprint density at radius 2 is 1.86 bits per heavy atom. The van der Waals surface area contributed by atoms with Crippen molar-refractivity contribution in [3.63, 3.8) is 0 Å². The Kier molecular flexibility index (Phi) is 4.11. The van der Waals surface area contributed by atoms with Crippen LogP contribution in [0.5, 0.6) is 0 Å². The molecule has 1 heterocycles. The van der Waals surface area contributed by atoms with Gasteiger partial charge in [0.2, 0.25) is 0 Å². The third-order valence-electron chi connectivity index (χ3n) is 3.56. The molecule has 2 aromatic carbocycles. The van der Waals surface area contributed by atoms with Crippen molar-refractivity contribution in [3.05, 3.63) is 65.9 Å². The highest BCUT2D eigenvalue weighted by Crippen LogP contribution is 2.26. The number of carbonyl (C=O) groups excluding carboxylic acids is 1. The Hall–Kier alpha value is -2.33. The number of hydrogen-bond donors (Lipinski definition) is 1. The molecule has 0 aliphatic heterocycles. The molecule has 3 aromatic rings. The van der Waals surface area contributed by atoms with Gasteiger partial charge in [-0.3, -0.25) is 9.78 Å². The molecule has 4 heteroatoms. The molecule has 0 unspecified atom stereocenters. The zero-order chi connectivity index (χ0) is 15.5. The molecule has 0 saturated carbocycles. The number of aryl methyl sites for hydroxylation is 1. The summed E-state index contributed by atoms with van der Waals surface area (Å²) >= 11 is 1.58. The Morgan fingerprint density at radius 1 is 1.09 bits per heavy atom. The highest BCUT2D eigenvalue weighted by molar-refractivity contribution is 7.98. The monoisotopic (exact) mass is 308 g/mol. The number of aromatic nitrogens is 1. The lowest BCUT2D eigenvalue weighted by molar-refractivity contribution is 0.102. The van der Waals surface area contributed by atoms with E-state index in [2.05, 4.69) is 10.3 Å². The molecule has 0 aliphatic rings. The second kappa shape index (κ2) is 6.20. The number of pyridine rings is 1. The number of fused-ring (bicyclic) bond motifs is 1. The van der Waals surface area contributed by atoms with Crippen LogP contribution in [0.1, 0.15) is 15.9 Å². The Labute approximate surface area is 133 Å². The zero-order valence-corrected chi connectivity index (χ0v) is 13.3. The van der Waals surface area contributed by atoms with Gasteiger partial charge in [-0.15, -0.1) is 11.8 Å². The van der Waals surface area contributed by atoms with Gasteiger partial charge < -0.3 is 5.32 Å². The van der Waals surface area contributed by atoms with E-state index in [4.69, 9.17) is 0 Å². The van der Waals surface area contributed by atoms with Gasteiger partial charge in [0.15, 0.2) is 0 Å². The van der Waals surface area contributed by atoms with Gasteiger partial charge in [-0.2, -0.15) is 0 Å². The van der Waals surface area contributed by atoms with Gasteiger partial charge in [0.25, 0.3) is 5.91 Å². The number of anilines is 1. The Balaban J connectivity index is 2.01. The summed E-state index contributed by atoms with van der Waals surface area (Å²) < 4.78 is 0. The number of amides is 1. The maximum absolute atomic E-state index is 12.7. The summed E-state index contributed by atoms with van der Waals surface area (Å²) in [5, 5.41) is 4.01. The van der Waals surface area contributed by atoms with Crippen LogP contribution >= 0.6 is 11.8 Å². The van der Waals surface area contributed by atoms with Crippen molar-refractivity contribution in [1.29, 1.82) is 0 Å². The first-order chi connectivity index (χ1) is 10.7. The van der Waals surface area contributed by atoms with Crippen molar-refractivity contribution >= 4 is 34.3 Å². The van der Waals surface area contributed by atoms with E-state index in [1.165, 1.54) is 0 Å². The largest absolute Gasteiger partial charge is 0.320 e. The van der Waals surface area contributed by atoms with Crippen LogP contribution in [0, 0.1) is 6.92 Å². The lowest BCUT2D eigenvalue weighted by atomic mass is 10.1. The molecule has 1 N–H and O–H groups in total. The third-order valence-corrected chi connectivity index (χ3v) is 4.34. The molecule has 1 aromatic heterocycles. The van der Waals surface area contributed by atoms with Crippen LogP contribution in [0.15, 0.2) is 59.6 Å². The van der Waals surface area contributed by atoms with Gasteiger partial charge in [0.1, 0.15) is 0 Å². The Bertz CT molecular complexity index is 840. The molecule has 0 saturated heterocycles. The fourth-order valence-electron chi connectivity index (χ4n) is 2.49. The molecule has 0 bridgehead atoms. The van der Waals surface area contributed by atoms with Crippen molar-refractivity contribution in [3.8, 4) is 0 Å². The number of nitrogens with zero attached hydrogens (tertiary/aromatic N) is 1. The number of carbonyl (C=O) groups is 1.